The fourth-order valence-corrected chi connectivity index (χ4v) is 2.95. The van der Waals surface area contributed by atoms with Crippen molar-refractivity contribution in [3.8, 4) is 12.3 Å². The van der Waals surface area contributed by atoms with Gasteiger partial charge in [0.1, 0.15) is 0 Å². The van der Waals surface area contributed by atoms with Gasteiger partial charge in [0.05, 0.1) is 13.1 Å². The first-order valence-electron chi connectivity index (χ1n) is 9.07. The molecule has 5 heteroatoms. The summed E-state index contributed by atoms with van der Waals surface area (Å²) >= 11 is 0. The Balaban J connectivity index is 0.00000312. The van der Waals surface area contributed by atoms with Crippen LogP contribution in [-0.4, -0.2) is 37.0 Å². The number of halogens is 1. The molecule has 1 aromatic rings. The lowest BCUT2D eigenvalue weighted by atomic mass is 10.1. The van der Waals surface area contributed by atoms with E-state index in [2.05, 4.69) is 50.7 Å². The van der Waals surface area contributed by atoms with Crippen LogP contribution in [-0.2, 0) is 13.1 Å². The number of hydrogen-bond acceptors (Lipinski definition) is 2. The summed E-state index contributed by atoms with van der Waals surface area (Å²) in [6, 6.07) is 8.83. The smallest absolute Gasteiger partial charge is 0.192 e. The molecule has 1 saturated heterocycles. The number of guanidine groups is 1. The molecule has 0 aliphatic carbocycles. The minimum Gasteiger partial charge on any atom is -0.357 e. The first-order chi connectivity index (χ1) is 11.8. The van der Waals surface area contributed by atoms with Crippen LogP contribution in [0.25, 0.3) is 0 Å². The molecular weight excluding hydrogens is 423 g/mol. The summed E-state index contributed by atoms with van der Waals surface area (Å²) < 4.78 is 0. The van der Waals surface area contributed by atoms with Crippen LogP contribution in [0.4, 0.5) is 0 Å². The van der Waals surface area contributed by atoms with Crippen LogP contribution in [0.1, 0.15) is 43.7 Å². The maximum Gasteiger partial charge on any atom is 0.192 e. The van der Waals surface area contributed by atoms with E-state index in [1.165, 1.54) is 49.9 Å². The summed E-state index contributed by atoms with van der Waals surface area (Å²) in [6.07, 6.45) is 10.7. The van der Waals surface area contributed by atoms with Crippen molar-refractivity contribution in [3.05, 3.63) is 35.4 Å². The molecule has 0 unspecified atom stereocenters. The summed E-state index contributed by atoms with van der Waals surface area (Å²) in [5.74, 6) is 3.34. The number of nitrogens with one attached hydrogen (secondary N) is 2. The molecule has 0 atom stereocenters. The van der Waals surface area contributed by atoms with Crippen LogP contribution in [0.2, 0.25) is 0 Å². The van der Waals surface area contributed by atoms with Crippen molar-refractivity contribution in [2.24, 2.45) is 4.99 Å². The topological polar surface area (TPSA) is 39.7 Å². The number of terminal acetylenes is 1. The number of benzene rings is 1. The van der Waals surface area contributed by atoms with Crippen molar-refractivity contribution in [1.82, 2.24) is 15.5 Å². The van der Waals surface area contributed by atoms with Crippen molar-refractivity contribution < 1.29 is 0 Å². The molecule has 1 fully saturated rings. The highest BCUT2D eigenvalue weighted by atomic mass is 127. The first-order valence-corrected chi connectivity index (χ1v) is 9.07. The molecule has 1 heterocycles. The normalized spacial score (nSPS) is 15.6. The quantitative estimate of drug-likeness (QED) is 0.300. The highest BCUT2D eigenvalue weighted by molar-refractivity contribution is 14.0. The largest absolute Gasteiger partial charge is 0.357 e. The van der Waals surface area contributed by atoms with Crippen molar-refractivity contribution in [2.75, 3.05) is 26.2 Å². The van der Waals surface area contributed by atoms with Crippen LogP contribution < -0.4 is 10.6 Å². The maximum absolute atomic E-state index is 5.28. The number of nitrogens with zero attached hydrogens (tertiary/aromatic N) is 2. The van der Waals surface area contributed by atoms with E-state index in [0.29, 0.717) is 13.1 Å². The van der Waals surface area contributed by atoms with Gasteiger partial charge in [0.15, 0.2) is 5.96 Å². The highest BCUT2D eigenvalue weighted by Crippen LogP contribution is 2.14. The van der Waals surface area contributed by atoms with E-state index in [4.69, 9.17) is 6.42 Å². The molecular formula is C20H31IN4. The van der Waals surface area contributed by atoms with Gasteiger partial charge in [-0.1, -0.05) is 43.0 Å². The zero-order chi connectivity index (χ0) is 17.0. The van der Waals surface area contributed by atoms with Gasteiger partial charge in [-0.25, -0.2) is 4.99 Å². The Morgan fingerprint density at radius 2 is 1.72 bits per heavy atom. The molecule has 2 rings (SSSR count). The SMILES string of the molecule is C#CCNC(=NCc1ccc(CN2CCCCCC2)cc1)NCC.I. The first kappa shape index (κ1) is 21.8. The van der Waals surface area contributed by atoms with Crippen molar-refractivity contribution in [2.45, 2.75) is 45.7 Å². The van der Waals surface area contributed by atoms with Crippen molar-refractivity contribution >= 4 is 29.9 Å². The van der Waals surface area contributed by atoms with Crippen LogP contribution >= 0.6 is 24.0 Å². The van der Waals surface area contributed by atoms with Gasteiger partial charge in [0.2, 0.25) is 0 Å². The lowest BCUT2D eigenvalue weighted by molar-refractivity contribution is 0.277. The summed E-state index contributed by atoms with van der Waals surface area (Å²) in [7, 11) is 0. The predicted molar refractivity (Wildman–Crippen MR) is 117 cm³/mol. The Kier molecular flexibility index (Phi) is 11.3. The Bertz CT molecular complexity index is 540. The van der Waals surface area contributed by atoms with Gasteiger partial charge in [-0.3, -0.25) is 4.90 Å². The number of aliphatic imine (C=N–C) groups is 1. The lowest BCUT2D eigenvalue weighted by Gasteiger charge is -2.19. The summed E-state index contributed by atoms with van der Waals surface area (Å²) in [5, 5.41) is 6.30. The van der Waals surface area contributed by atoms with Gasteiger partial charge in [-0.15, -0.1) is 30.4 Å². The van der Waals surface area contributed by atoms with Crippen LogP contribution in [0, 0.1) is 12.3 Å². The number of hydrogen-bond donors (Lipinski definition) is 2. The molecule has 1 aliphatic rings. The lowest BCUT2D eigenvalue weighted by Crippen LogP contribution is -2.37. The second-order valence-electron chi connectivity index (χ2n) is 6.26. The molecule has 4 nitrogen and oxygen atoms in total. The second kappa shape index (κ2) is 13.0. The maximum atomic E-state index is 5.28. The standard InChI is InChI=1S/C20H30N4.HI/c1-3-13-22-20(21-4-2)23-16-18-9-11-19(12-10-18)17-24-14-7-5-6-8-15-24;/h1,9-12H,4-8,13-17H2,2H3,(H2,21,22,23);1H. The van der Waals surface area contributed by atoms with Gasteiger partial charge < -0.3 is 10.6 Å². The molecule has 0 bridgehead atoms. The van der Waals surface area contributed by atoms with E-state index in [1.807, 2.05) is 6.92 Å². The Hall–Kier alpha value is -1.26. The molecule has 0 radical (unpaired) electrons. The van der Waals surface area contributed by atoms with Crippen LogP contribution in [0.5, 0.6) is 0 Å². The van der Waals surface area contributed by atoms with E-state index in [1.54, 1.807) is 0 Å². The zero-order valence-electron chi connectivity index (χ0n) is 15.3. The number of likely N-dealkylation sites (tertiary alicyclic amines) is 1. The highest BCUT2D eigenvalue weighted by Gasteiger charge is 2.09. The van der Waals surface area contributed by atoms with E-state index >= 15 is 0 Å². The third-order valence-electron chi connectivity index (χ3n) is 4.25. The molecule has 0 spiro atoms. The van der Waals surface area contributed by atoms with E-state index in [-0.39, 0.29) is 24.0 Å². The Labute approximate surface area is 169 Å². The second-order valence-corrected chi connectivity index (χ2v) is 6.26. The average molecular weight is 454 g/mol. The molecule has 2 N–H and O–H groups in total. The zero-order valence-corrected chi connectivity index (χ0v) is 17.6. The van der Waals surface area contributed by atoms with Gasteiger partial charge >= 0.3 is 0 Å². The average Bonchev–Trinajstić information content (AvgIpc) is 2.87. The van der Waals surface area contributed by atoms with Gasteiger partial charge in [-0.05, 0) is 44.0 Å². The molecule has 1 aromatic carbocycles. The monoisotopic (exact) mass is 454 g/mol. The molecule has 0 amide bonds. The Morgan fingerprint density at radius 3 is 2.32 bits per heavy atom. The summed E-state index contributed by atoms with van der Waals surface area (Å²) in [6.45, 7) is 7.55. The molecule has 138 valence electrons. The fourth-order valence-electron chi connectivity index (χ4n) is 2.95. The third-order valence-corrected chi connectivity index (χ3v) is 4.25. The summed E-state index contributed by atoms with van der Waals surface area (Å²) in [4.78, 5) is 7.14. The van der Waals surface area contributed by atoms with Gasteiger partial charge in [0.25, 0.3) is 0 Å². The number of rotatable bonds is 6. The van der Waals surface area contributed by atoms with E-state index < -0.39 is 0 Å². The fraction of sp³-hybridized carbons (Fsp3) is 0.550. The molecule has 0 aromatic heterocycles. The van der Waals surface area contributed by atoms with Crippen LogP contribution in [0.3, 0.4) is 0 Å². The predicted octanol–water partition coefficient (Wildman–Crippen LogP) is 3.37. The van der Waals surface area contributed by atoms with Crippen molar-refractivity contribution in [1.29, 1.82) is 0 Å². The summed E-state index contributed by atoms with van der Waals surface area (Å²) in [5.41, 5.74) is 2.61. The van der Waals surface area contributed by atoms with E-state index in [0.717, 1.165) is 19.0 Å². The minimum absolute atomic E-state index is 0. The third kappa shape index (κ3) is 8.59. The molecule has 1 aliphatic heterocycles. The minimum atomic E-state index is 0. The van der Waals surface area contributed by atoms with E-state index in [9.17, 15) is 0 Å². The molecule has 0 saturated carbocycles. The Morgan fingerprint density at radius 1 is 1.08 bits per heavy atom. The van der Waals surface area contributed by atoms with Crippen LogP contribution in [0.15, 0.2) is 29.3 Å². The van der Waals surface area contributed by atoms with Crippen molar-refractivity contribution in [3.63, 3.8) is 0 Å². The van der Waals surface area contributed by atoms with Gasteiger partial charge in [0, 0.05) is 13.1 Å². The van der Waals surface area contributed by atoms with Gasteiger partial charge in [-0.2, -0.15) is 0 Å². The molecule has 25 heavy (non-hydrogen) atoms.